The Morgan fingerprint density at radius 2 is 1.77 bits per heavy atom. The third-order valence-corrected chi connectivity index (χ3v) is 1.46. The summed E-state index contributed by atoms with van der Waals surface area (Å²) in [5.74, 6) is -1.65. The van der Waals surface area contributed by atoms with E-state index < -0.39 is 11.6 Å². The number of hydrogen-bond acceptors (Lipinski definition) is 1. The van der Waals surface area contributed by atoms with E-state index in [1.807, 2.05) is 20.8 Å². The topological polar surface area (TPSA) is 12.0 Å². The van der Waals surface area contributed by atoms with Crippen LogP contribution in [0.3, 0.4) is 0 Å². The van der Waals surface area contributed by atoms with Crippen molar-refractivity contribution in [3.05, 3.63) is 29.8 Å². The minimum Gasteiger partial charge on any atom is -0.378 e. The molecule has 0 radical (unpaired) electrons. The normalized spacial score (nSPS) is 11.5. The molecule has 0 amide bonds. The van der Waals surface area contributed by atoms with Crippen LogP contribution in [0.2, 0.25) is 0 Å². The lowest BCUT2D eigenvalue weighted by Gasteiger charge is -2.22. The van der Waals surface area contributed by atoms with E-state index in [-0.39, 0.29) is 11.2 Å². The summed E-state index contributed by atoms with van der Waals surface area (Å²) < 4.78 is 25.8. The number of hydrogen-bond donors (Lipinski definition) is 1. The van der Waals surface area contributed by atoms with Gasteiger partial charge >= 0.3 is 0 Å². The van der Waals surface area contributed by atoms with Crippen LogP contribution in [0.25, 0.3) is 0 Å². The van der Waals surface area contributed by atoms with Gasteiger partial charge in [0.25, 0.3) is 0 Å². The van der Waals surface area contributed by atoms with Crippen LogP contribution in [-0.2, 0) is 0 Å². The number of anilines is 1. The van der Waals surface area contributed by atoms with Gasteiger partial charge in [0, 0.05) is 5.54 Å². The molecule has 0 saturated carbocycles. The second kappa shape index (κ2) is 3.32. The highest BCUT2D eigenvalue weighted by Crippen LogP contribution is 2.20. The fourth-order valence-electron chi connectivity index (χ4n) is 1.00. The van der Waals surface area contributed by atoms with Gasteiger partial charge in [0.1, 0.15) is 0 Å². The molecule has 0 atom stereocenters. The van der Waals surface area contributed by atoms with Gasteiger partial charge in [-0.15, -0.1) is 0 Å². The van der Waals surface area contributed by atoms with Gasteiger partial charge in [0.05, 0.1) is 5.69 Å². The van der Waals surface area contributed by atoms with Gasteiger partial charge in [-0.25, -0.2) is 8.78 Å². The molecule has 0 spiro atoms. The average molecular weight is 185 g/mol. The zero-order valence-electron chi connectivity index (χ0n) is 7.99. The highest BCUT2D eigenvalue weighted by molar-refractivity contribution is 5.46. The number of nitrogens with one attached hydrogen (secondary N) is 1. The third-order valence-electron chi connectivity index (χ3n) is 1.46. The van der Waals surface area contributed by atoms with E-state index in [1.54, 1.807) is 0 Å². The van der Waals surface area contributed by atoms with Crippen molar-refractivity contribution in [1.29, 1.82) is 0 Å². The lowest BCUT2D eigenvalue weighted by Crippen LogP contribution is -2.26. The molecule has 13 heavy (non-hydrogen) atoms. The smallest absolute Gasteiger partial charge is 0.181 e. The van der Waals surface area contributed by atoms with Crippen molar-refractivity contribution < 1.29 is 8.78 Å². The number of halogens is 2. The quantitative estimate of drug-likeness (QED) is 0.708. The Morgan fingerprint density at radius 1 is 1.15 bits per heavy atom. The average Bonchev–Trinajstić information content (AvgIpc) is 1.96. The lowest BCUT2D eigenvalue weighted by molar-refractivity contribution is 0.506. The summed E-state index contributed by atoms with van der Waals surface area (Å²) in [7, 11) is 0. The van der Waals surface area contributed by atoms with Crippen LogP contribution in [-0.4, -0.2) is 5.54 Å². The predicted octanol–water partition coefficient (Wildman–Crippen LogP) is 3.18. The standard InChI is InChI=1S/C10H13F2N/c1-10(2,3)13-8-6-4-5-7(11)9(8)12/h4-6,13H,1-3H3. The van der Waals surface area contributed by atoms with Crippen LogP contribution in [0.5, 0.6) is 0 Å². The molecular weight excluding hydrogens is 172 g/mol. The van der Waals surface area contributed by atoms with Gasteiger partial charge in [-0.1, -0.05) is 6.07 Å². The maximum atomic E-state index is 13.1. The van der Waals surface area contributed by atoms with Crippen molar-refractivity contribution in [2.45, 2.75) is 26.3 Å². The van der Waals surface area contributed by atoms with E-state index in [2.05, 4.69) is 5.32 Å². The fraction of sp³-hybridized carbons (Fsp3) is 0.400. The molecule has 0 unspecified atom stereocenters. The van der Waals surface area contributed by atoms with Crippen LogP contribution in [0.4, 0.5) is 14.5 Å². The van der Waals surface area contributed by atoms with Crippen LogP contribution in [0.15, 0.2) is 18.2 Å². The van der Waals surface area contributed by atoms with Gasteiger partial charge in [-0.2, -0.15) is 0 Å². The molecule has 0 saturated heterocycles. The Morgan fingerprint density at radius 3 is 2.31 bits per heavy atom. The van der Waals surface area contributed by atoms with Crippen molar-refractivity contribution in [3.8, 4) is 0 Å². The van der Waals surface area contributed by atoms with Gasteiger partial charge in [-0.05, 0) is 32.9 Å². The summed E-state index contributed by atoms with van der Waals surface area (Å²) in [6, 6.07) is 4.10. The molecule has 0 fully saturated rings. The van der Waals surface area contributed by atoms with E-state index in [0.29, 0.717) is 0 Å². The monoisotopic (exact) mass is 185 g/mol. The molecule has 0 aliphatic rings. The zero-order valence-corrected chi connectivity index (χ0v) is 7.99. The molecule has 0 aliphatic heterocycles. The van der Waals surface area contributed by atoms with Crippen molar-refractivity contribution in [1.82, 2.24) is 0 Å². The molecule has 1 rings (SSSR count). The minimum absolute atomic E-state index is 0.201. The maximum absolute atomic E-state index is 13.1. The zero-order chi connectivity index (χ0) is 10.1. The minimum atomic E-state index is -0.825. The van der Waals surface area contributed by atoms with E-state index in [9.17, 15) is 8.78 Å². The third kappa shape index (κ3) is 2.68. The van der Waals surface area contributed by atoms with Crippen LogP contribution in [0, 0.1) is 11.6 Å². The summed E-state index contributed by atoms with van der Waals surface area (Å²) in [6.07, 6.45) is 0. The lowest BCUT2D eigenvalue weighted by atomic mass is 10.1. The molecule has 1 aromatic carbocycles. The Balaban J connectivity index is 2.96. The second-order valence-electron chi connectivity index (χ2n) is 3.98. The molecule has 1 aromatic rings. The van der Waals surface area contributed by atoms with Gasteiger partial charge in [0.2, 0.25) is 0 Å². The Hall–Kier alpha value is -1.12. The molecular formula is C10H13F2N. The summed E-state index contributed by atoms with van der Waals surface area (Å²) >= 11 is 0. The maximum Gasteiger partial charge on any atom is 0.181 e. The first-order valence-corrected chi connectivity index (χ1v) is 4.12. The first-order valence-electron chi connectivity index (χ1n) is 4.12. The van der Waals surface area contributed by atoms with Gasteiger partial charge in [-0.3, -0.25) is 0 Å². The van der Waals surface area contributed by atoms with E-state index in [4.69, 9.17) is 0 Å². The van der Waals surface area contributed by atoms with E-state index in [1.165, 1.54) is 12.1 Å². The largest absolute Gasteiger partial charge is 0.378 e. The first-order chi connectivity index (χ1) is 5.90. The number of benzene rings is 1. The summed E-state index contributed by atoms with van der Waals surface area (Å²) in [6.45, 7) is 5.66. The first kappa shape index (κ1) is 9.96. The molecule has 0 heterocycles. The molecule has 72 valence electrons. The van der Waals surface area contributed by atoms with Crippen LogP contribution >= 0.6 is 0 Å². The molecule has 0 aromatic heterocycles. The van der Waals surface area contributed by atoms with Gasteiger partial charge in [0.15, 0.2) is 11.6 Å². The Bertz CT molecular complexity index is 302. The SMILES string of the molecule is CC(C)(C)Nc1cccc(F)c1F. The fourth-order valence-corrected chi connectivity index (χ4v) is 1.00. The molecule has 1 nitrogen and oxygen atoms in total. The highest BCUT2D eigenvalue weighted by atomic mass is 19.2. The van der Waals surface area contributed by atoms with Crippen LogP contribution < -0.4 is 5.32 Å². The summed E-state index contributed by atoms with van der Waals surface area (Å²) in [5, 5.41) is 2.88. The van der Waals surface area contributed by atoms with E-state index >= 15 is 0 Å². The molecule has 1 N–H and O–H groups in total. The Kier molecular flexibility index (Phi) is 2.55. The molecule has 3 heteroatoms. The molecule has 0 aliphatic carbocycles. The summed E-state index contributed by atoms with van der Waals surface area (Å²) in [4.78, 5) is 0. The number of rotatable bonds is 1. The second-order valence-corrected chi connectivity index (χ2v) is 3.98. The highest BCUT2D eigenvalue weighted by Gasteiger charge is 2.14. The van der Waals surface area contributed by atoms with E-state index in [0.717, 1.165) is 6.07 Å². The van der Waals surface area contributed by atoms with Crippen molar-refractivity contribution in [2.75, 3.05) is 5.32 Å². The van der Waals surface area contributed by atoms with Crippen molar-refractivity contribution >= 4 is 5.69 Å². The van der Waals surface area contributed by atoms with Crippen molar-refractivity contribution in [3.63, 3.8) is 0 Å². The summed E-state index contributed by atoms with van der Waals surface area (Å²) in [5.41, 5.74) is -0.0678. The van der Waals surface area contributed by atoms with Gasteiger partial charge < -0.3 is 5.32 Å². The Labute approximate surface area is 76.8 Å². The van der Waals surface area contributed by atoms with Crippen molar-refractivity contribution in [2.24, 2.45) is 0 Å². The molecule has 0 bridgehead atoms. The van der Waals surface area contributed by atoms with Crippen LogP contribution in [0.1, 0.15) is 20.8 Å². The predicted molar refractivity (Wildman–Crippen MR) is 49.7 cm³/mol.